The van der Waals surface area contributed by atoms with E-state index in [9.17, 15) is 18.0 Å². The fourth-order valence-corrected chi connectivity index (χ4v) is 2.40. The fraction of sp³-hybridized carbons (Fsp3) is 0.235. The van der Waals surface area contributed by atoms with Gasteiger partial charge in [-0.25, -0.2) is 4.79 Å². The molecule has 128 valence electrons. The first kappa shape index (κ1) is 17.7. The smallest absolute Gasteiger partial charge is 0.496 e. The summed E-state index contributed by atoms with van der Waals surface area (Å²) in [7, 11) is 1.35. The molecule has 7 heteroatoms. The molecule has 0 amide bonds. The third-order valence-corrected chi connectivity index (χ3v) is 3.39. The molecule has 0 aliphatic heterocycles. The van der Waals surface area contributed by atoms with Gasteiger partial charge in [-0.15, -0.1) is 13.2 Å². The van der Waals surface area contributed by atoms with Crippen LogP contribution in [0.1, 0.15) is 21.5 Å². The number of benzene rings is 2. The SMILES string of the molecule is COc1c(CCc2ccccc2OC(F)(F)F)cccc1C(=O)O. The molecule has 0 saturated carbocycles. The van der Waals surface area contributed by atoms with Crippen LogP contribution in [-0.2, 0) is 12.8 Å². The van der Waals surface area contributed by atoms with Gasteiger partial charge in [0, 0.05) is 0 Å². The minimum atomic E-state index is -4.77. The van der Waals surface area contributed by atoms with E-state index in [4.69, 9.17) is 9.84 Å². The van der Waals surface area contributed by atoms with Gasteiger partial charge >= 0.3 is 12.3 Å². The first-order valence-corrected chi connectivity index (χ1v) is 7.04. The highest BCUT2D eigenvalue weighted by Crippen LogP contribution is 2.29. The Morgan fingerprint density at radius 1 is 1.04 bits per heavy atom. The largest absolute Gasteiger partial charge is 0.573 e. The minimum Gasteiger partial charge on any atom is -0.496 e. The summed E-state index contributed by atoms with van der Waals surface area (Å²) in [5.74, 6) is -1.19. The van der Waals surface area contributed by atoms with Gasteiger partial charge in [0.25, 0.3) is 0 Å². The normalized spacial score (nSPS) is 11.2. The van der Waals surface area contributed by atoms with E-state index in [0.29, 0.717) is 17.5 Å². The number of aryl methyl sites for hydroxylation is 2. The number of halogens is 3. The van der Waals surface area contributed by atoms with Crippen molar-refractivity contribution in [2.24, 2.45) is 0 Å². The number of ether oxygens (including phenoxy) is 2. The summed E-state index contributed by atoms with van der Waals surface area (Å²) in [6.45, 7) is 0. The molecule has 0 atom stereocenters. The second kappa shape index (κ2) is 7.25. The number of alkyl halides is 3. The summed E-state index contributed by atoms with van der Waals surface area (Å²) in [4.78, 5) is 11.2. The van der Waals surface area contributed by atoms with Crippen LogP contribution < -0.4 is 9.47 Å². The van der Waals surface area contributed by atoms with Crippen LogP contribution in [0.5, 0.6) is 11.5 Å². The van der Waals surface area contributed by atoms with Crippen molar-refractivity contribution in [2.45, 2.75) is 19.2 Å². The summed E-state index contributed by atoms with van der Waals surface area (Å²) in [6.07, 6.45) is -4.22. The van der Waals surface area contributed by atoms with Crippen LogP contribution in [0, 0.1) is 0 Å². The number of carboxylic acid groups (broad SMARTS) is 1. The molecular weight excluding hydrogens is 325 g/mol. The maximum Gasteiger partial charge on any atom is 0.573 e. The third kappa shape index (κ3) is 4.41. The molecule has 0 spiro atoms. The van der Waals surface area contributed by atoms with Crippen molar-refractivity contribution in [3.8, 4) is 11.5 Å². The topological polar surface area (TPSA) is 55.8 Å². The molecule has 4 nitrogen and oxygen atoms in total. The van der Waals surface area contributed by atoms with Gasteiger partial charge < -0.3 is 14.6 Å². The molecule has 0 aliphatic carbocycles. The molecule has 2 rings (SSSR count). The highest BCUT2D eigenvalue weighted by molar-refractivity contribution is 5.91. The molecule has 0 radical (unpaired) electrons. The van der Waals surface area contributed by atoms with Gasteiger partial charge in [-0.05, 0) is 36.1 Å². The zero-order valence-electron chi connectivity index (χ0n) is 12.8. The maximum atomic E-state index is 12.4. The zero-order valence-corrected chi connectivity index (χ0v) is 12.8. The average molecular weight is 340 g/mol. The van der Waals surface area contributed by atoms with Crippen LogP contribution in [-0.4, -0.2) is 24.5 Å². The third-order valence-electron chi connectivity index (χ3n) is 3.39. The number of carbonyl (C=O) groups is 1. The predicted octanol–water partition coefficient (Wildman–Crippen LogP) is 4.08. The number of para-hydroxylation sites is 2. The Hall–Kier alpha value is -2.70. The van der Waals surface area contributed by atoms with Crippen LogP contribution in [0.2, 0.25) is 0 Å². The highest BCUT2D eigenvalue weighted by atomic mass is 19.4. The quantitative estimate of drug-likeness (QED) is 0.861. The Labute approximate surface area is 136 Å². The number of hydrogen-bond acceptors (Lipinski definition) is 3. The number of methoxy groups -OCH3 is 1. The lowest BCUT2D eigenvalue weighted by molar-refractivity contribution is -0.274. The van der Waals surface area contributed by atoms with Gasteiger partial charge in [-0.2, -0.15) is 0 Å². The monoisotopic (exact) mass is 340 g/mol. The molecular formula is C17H15F3O4. The first-order chi connectivity index (χ1) is 11.3. The van der Waals surface area contributed by atoms with E-state index >= 15 is 0 Å². The van der Waals surface area contributed by atoms with Gasteiger partial charge in [-0.3, -0.25) is 0 Å². The minimum absolute atomic E-state index is 0.00910. The molecule has 2 aromatic rings. The number of rotatable bonds is 6. The number of hydrogen-bond donors (Lipinski definition) is 1. The first-order valence-electron chi connectivity index (χ1n) is 7.04. The van der Waals surface area contributed by atoms with E-state index in [2.05, 4.69) is 4.74 Å². The van der Waals surface area contributed by atoms with Crippen molar-refractivity contribution in [1.29, 1.82) is 0 Å². The summed E-state index contributed by atoms with van der Waals surface area (Å²) in [5, 5.41) is 9.15. The van der Waals surface area contributed by atoms with Crippen molar-refractivity contribution in [2.75, 3.05) is 7.11 Å². The van der Waals surface area contributed by atoms with Crippen molar-refractivity contribution < 1.29 is 32.5 Å². The maximum absolute atomic E-state index is 12.4. The zero-order chi connectivity index (χ0) is 17.7. The summed E-state index contributed by atoms with van der Waals surface area (Å²) in [6, 6.07) is 10.5. The Kier molecular flexibility index (Phi) is 5.33. The van der Waals surface area contributed by atoms with E-state index in [1.165, 1.54) is 31.4 Å². The molecule has 0 bridgehead atoms. The summed E-state index contributed by atoms with van der Waals surface area (Å²) < 4.78 is 46.5. The Bertz CT molecular complexity index is 726. The van der Waals surface area contributed by atoms with Gasteiger partial charge in [-0.1, -0.05) is 30.3 Å². The fourth-order valence-electron chi connectivity index (χ4n) is 2.40. The average Bonchev–Trinajstić information content (AvgIpc) is 2.52. The van der Waals surface area contributed by atoms with Crippen LogP contribution >= 0.6 is 0 Å². The summed E-state index contributed by atoms with van der Waals surface area (Å²) in [5.41, 5.74) is 0.978. The van der Waals surface area contributed by atoms with Crippen LogP contribution in [0.15, 0.2) is 42.5 Å². The van der Waals surface area contributed by atoms with Crippen molar-refractivity contribution in [3.05, 3.63) is 59.2 Å². The molecule has 0 saturated heterocycles. The van der Waals surface area contributed by atoms with Gasteiger partial charge in [0.05, 0.1) is 7.11 Å². The molecule has 0 aromatic heterocycles. The second-order valence-electron chi connectivity index (χ2n) is 4.96. The van der Waals surface area contributed by atoms with Crippen molar-refractivity contribution in [3.63, 3.8) is 0 Å². The Morgan fingerprint density at radius 3 is 2.29 bits per heavy atom. The van der Waals surface area contributed by atoms with Gasteiger partial charge in [0.15, 0.2) is 0 Å². The molecule has 24 heavy (non-hydrogen) atoms. The Balaban J connectivity index is 2.23. The van der Waals surface area contributed by atoms with Crippen LogP contribution in [0.25, 0.3) is 0 Å². The molecule has 2 aromatic carbocycles. The Morgan fingerprint density at radius 2 is 1.67 bits per heavy atom. The standard InChI is InChI=1S/C17H15F3O4/c1-23-15-12(6-4-7-13(15)16(21)22)10-9-11-5-2-3-8-14(11)24-17(18,19)20/h2-8H,9-10H2,1H3,(H,21,22). The van der Waals surface area contributed by atoms with Gasteiger partial charge in [0.2, 0.25) is 0 Å². The summed E-state index contributed by atoms with van der Waals surface area (Å²) >= 11 is 0. The van der Waals surface area contributed by atoms with Crippen molar-refractivity contribution >= 4 is 5.97 Å². The molecule has 0 unspecified atom stereocenters. The second-order valence-corrected chi connectivity index (χ2v) is 4.96. The number of carboxylic acids is 1. The lowest BCUT2D eigenvalue weighted by Crippen LogP contribution is -2.18. The lowest BCUT2D eigenvalue weighted by atomic mass is 10.0. The molecule has 0 heterocycles. The van der Waals surface area contributed by atoms with E-state index < -0.39 is 12.3 Å². The van der Waals surface area contributed by atoms with E-state index in [-0.39, 0.29) is 23.5 Å². The van der Waals surface area contributed by atoms with E-state index in [1.807, 2.05) is 0 Å². The van der Waals surface area contributed by atoms with Crippen LogP contribution in [0.4, 0.5) is 13.2 Å². The van der Waals surface area contributed by atoms with E-state index in [1.54, 1.807) is 18.2 Å². The lowest BCUT2D eigenvalue weighted by Gasteiger charge is -2.14. The molecule has 0 fully saturated rings. The highest BCUT2D eigenvalue weighted by Gasteiger charge is 2.31. The molecule has 1 N–H and O–H groups in total. The van der Waals surface area contributed by atoms with E-state index in [0.717, 1.165) is 0 Å². The van der Waals surface area contributed by atoms with Crippen LogP contribution in [0.3, 0.4) is 0 Å². The predicted molar refractivity (Wildman–Crippen MR) is 80.5 cm³/mol. The van der Waals surface area contributed by atoms with Crippen molar-refractivity contribution in [1.82, 2.24) is 0 Å². The number of aromatic carboxylic acids is 1. The van der Waals surface area contributed by atoms with Gasteiger partial charge in [0.1, 0.15) is 17.1 Å². The molecule has 0 aliphatic rings.